The van der Waals surface area contributed by atoms with E-state index in [9.17, 15) is 18.0 Å². The van der Waals surface area contributed by atoms with E-state index < -0.39 is 34.4 Å². The van der Waals surface area contributed by atoms with Crippen LogP contribution < -0.4 is 5.32 Å². The minimum atomic E-state index is -3.07. The summed E-state index contributed by atoms with van der Waals surface area (Å²) in [5.41, 5.74) is 0. The second-order valence-corrected chi connectivity index (χ2v) is 9.86. The minimum Gasteiger partial charge on any atom is -0.455 e. The van der Waals surface area contributed by atoms with Crippen molar-refractivity contribution in [2.24, 2.45) is 0 Å². The zero-order valence-electron chi connectivity index (χ0n) is 14.3. The van der Waals surface area contributed by atoms with Gasteiger partial charge in [0.05, 0.1) is 17.3 Å². The van der Waals surface area contributed by atoms with Gasteiger partial charge in [0.1, 0.15) is 0 Å². The van der Waals surface area contributed by atoms with Crippen molar-refractivity contribution in [2.75, 3.05) is 23.9 Å². The molecule has 1 aliphatic rings. The molecule has 144 valence electrons. The molecule has 1 saturated heterocycles. The highest BCUT2D eigenvalue weighted by atomic mass is 35.5. The zero-order chi connectivity index (χ0) is 19.4. The maximum Gasteiger partial charge on any atom is 0.316 e. The molecule has 0 saturated carbocycles. The number of thioether (sulfide) groups is 1. The lowest BCUT2D eigenvalue weighted by Crippen LogP contribution is -2.38. The Kier molecular flexibility index (Phi) is 6.29. The van der Waals surface area contributed by atoms with E-state index in [-0.39, 0.29) is 17.3 Å². The molecule has 1 heterocycles. The summed E-state index contributed by atoms with van der Waals surface area (Å²) >= 11 is 7.54. The number of nitrogens with one attached hydrogen (secondary N) is 1. The Bertz CT molecular complexity index is 972. The summed E-state index contributed by atoms with van der Waals surface area (Å²) in [6.07, 6.45) is 0.389. The number of fused-ring (bicyclic) bond motifs is 1. The Morgan fingerprint density at radius 2 is 1.96 bits per heavy atom. The number of benzene rings is 2. The van der Waals surface area contributed by atoms with Gasteiger partial charge in [0.2, 0.25) is 0 Å². The van der Waals surface area contributed by atoms with Crippen molar-refractivity contribution in [1.82, 2.24) is 5.32 Å². The van der Waals surface area contributed by atoms with Crippen molar-refractivity contribution < 1.29 is 22.7 Å². The Morgan fingerprint density at radius 1 is 1.22 bits per heavy atom. The SMILES string of the molecule is O=C(COC(=O)CSc1cccc2cccc(Cl)c12)NC1CCS(=O)(=O)C1. The Labute approximate surface area is 166 Å². The van der Waals surface area contributed by atoms with Crippen molar-refractivity contribution in [1.29, 1.82) is 0 Å². The number of rotatable bonds is 6. The van der Waals surface area contributed by atoms with Gasteiger partial charge in [-0.2, -0.15) is 0 Å². The van der Waals surface area contributed by atoms with Gasteiger partial charge < -0.3 is 10.1 Å². The molecule has 6 nitrogen and oxygen atoms in total. The second-order valence-electron chi connectivity index (χ2n) is 6.21. The van der Waals surface area contributed by atoms with Crippen LogP contribution in [0.2, 0.25) is 5.02 Å². The van der Waals surface area contributed by atoms with E-state index in [4.69, 9.17) is 16.3 Å². The first kappa shape index (κ1) is 20.0. The van der Waals surface area contributed by atoms with E-state index in [2.05, 4.69) is 5.32 Å². The van der Waals surface area contributed by atoms with Gasteiger partial charge in [0.25, 0.3) is 5.91 Å². The predicted molar refractivity (Wildman–Crippen MR) is 106 cm³/mol. The molecule has 1 amide bonds. The van der Waals surface area contributed by atoms with Gasteiger partial charge in [-0.1, -0.05) is 35.9 Å². The molecule has 1 aliphatic heterocycles. The van der Waals surface area contributed by atoms with Gasteiger partial charge in [-0.3, -0.25) is 9.59 Å². The molecule has 1 fully saturated rings. The normalized spacial score (nSPS) is 18.3. The average molecular weight is 428 g/mol. The van der Waals surface area contributed by atoms with Gasteiger partial charge >= 0.3 is 5.97 Å². The highest BCUT2D eigenvalue weighted by Gasteiger charge is 2.29. The fourth-order valence-corrected chi connectivity index (χ4v) is 5.80. The largest absolute Gasteiger partial charge is 0.455 e. The number of carbonyl (C=O) groups is 2. The molecule has 2 aromatic rings. The highest BCUT2D eigenvalue weighted by molar-refractivity contribution is 8.00. The molecule has 0 aliphatic carbocycles. The van der Waals surface area contributed by atoms with Crippen LogP contribution in [0.3, 0.4) is 0 Å². The van der Waals surface area contributed by atoms with Crippen LogP contribution in [-0.4, -0.2) is 50.2 Å². The quantitative estimate of drug-likeness (QED) is 0.562. The summed E-state index contributed by atoms with van der Waals surface area (Å²) in [6.45, 7) is -0.424. The number of amides is 1. The minimum absolute atomic E-state index is 0.0371. The van der Waals surface area contributed by atoms with Crippen LogP contribution in [0, 0.1) is 0 Å². The third-order valence-electron chi connectivity index (χ3n) is 4.12. The van der Waals surface area contributed by atoms with Crippen molar-refractivity contribution in [3.05, 3.63) is 41.4 Å². The molecule has 1 unspecified atom stereocenters. The molecule has 3 rings (SSSR count). The first-order valence-corrected chi connectivity index (χ1v) is 11.5. The average Bonchev–Trinajstić information content (AvgIpc) is 2.96. The van der Waals surface area contributed by atoms with Crippen molar-refractivity contribution in [2.45, 2.75) is 17.4 Å². The van der Waals surface area contributed by atoms with Crippen LogP contribution in [-0.2, 0) is 24.2 Å². The first-order valence-electron chi connectivity index (χ1n) is 8.29. The Hall–Kier alpha value is -1.77. The maximum absolute atomic E-state index is 11.9. The van der Waals surface area contributed by atoms with E-state index in [1.165, 1.54) is 11.8 Å². The molecule has 0 spiro atoms. The summed E-state index contributed by atoms with van der Waals surface area (Å²) in [4.78, 5) is 24.6. The lowest BCUT2D eigenvalue weighted by molar-refractivity contribution is -0.146. The van der Waals surface area contributed by atoms with Crippen molar-refractivity contribution in [3.63, 3.8) is 0 Å². The van der Waals surface area contributed by atoms with E-state index in [0.717, 1.165) is 15.7 Å². The summed E-state index contributed by atoms with van der Waals surface area (Å²) in [7, 11) is -3.07. The monoisotopic (exact) mass is 427 g/mol. The van der Waals surface area contributed by atoms with Crippen molar-refractivity contribution in [3.8, 4) is 0 Å². The van der Waals surface area contributed by atoms with Crippen LogP contribution in [0.4, 0.5) is 0 Å². The maximum atomic E-state index is 11.9. The lowest BCUT2D eigenvalue weighted by Gasteiger charge is -2.11. The Morgan fingerprint density at radius 3 is 2.67 bits per heavy atom. The Balaban J connectivity index is 1.48. The smallest absolute Gasteiger partial charge is 0.316 e. The van der Waals surface area contributed by atoms with Crippen LogP contribution in [0.5, 0.6) is 0 Å². The molecular weight excluding hydrogens is 410 g/mol. The second kappa shape index (κ2) is 8.50. The summed E-state index contributed by atoms with van der Waals surface area (Å²) in [5.74, 6) is -0.983. The molecular formula is C18H18ClNO5S2. The number of halogens is 1. The fraction of sp³-hybridized carbons (Fsp3) is 0.333. The van der Waals surface area contributed by atoms with Crippen molar-refractivity contribution >= 4 is 55.8 Å². The number of hydrogen-bond acceptors (Lipinski definition) is 6. The van der Waals surface area contributed by atoms with E-state index >= 15 is 0 Å². The summed E-state index contributed by atoms with van der Waals surface area (Å²) < 4.78 is 27.7. The number of carbonyl (C=O) groups excluding carboxylic acids is 2. The van der Waals surface area contributed by atoms with Gasteiger partial charge in [-0.25, -0.2) is 8.42 Å². The van der Waals surface area contributed by atoms with E-state index in [0.29, 0.717) is 11.4 Å². The van der Waals surface area contributed by atoms with Crippen LogP contribution in [0.25, 0.3) is 10.8 Å². The molecule has 1 N–H and O–H groups in total. The lowest BCUT2D eigenvalue weighted by atomic mass is 10.1. The number of sulfone groups is 1. The van der Waals surface area contributed by atoms with Gasteiger partial charge in [-0.05, 0) is 23.9 Å². The molecule has 1 atom stereocenters. The molecule has 27 heavy (non-hydrogen) atoms. The van der Waals surface area contributed by atoms with Gasteiger partial charge in [0.15, 0.2) is 16.4 Å². The third-order valence-corrected chi connectivity index (χ3v) is 7.24. The fourth-order valence-electron chi connectivity index (χ4n) is 2.89. The third kappa shape index (κ3) is 5.37. The predicted octanol–water partition coefficient (Wildman–Crippen LogP) is 2.43. The first-order chi connectivity index (χ1) is 12.8. The number of ether oxygens (including phenoxy) is 1. The molecule has 0 bridgehead atoms. The van der Waals surface area contributed by atoms with E-state index in [1.807, 2.05) is 30.3 Å². The van der Waals surface area contributed by atoms with Crippen LogP contribution in [0.15, 0.2) is 41.3 Å². The summed E-state index contributed by atoms with van der Waals surface area (Å²) in [5, 5.41) is 5.04. The molecule has 2 aromatic carbocycles. The van der Waals surface area contributed by atoms with Crippen LogP contribution >= 0.6 is 23.4 Å². The van der Waals surface area contributed by atoms with Gasteiger partial charge in [0, 0.05) is 21.3 Å². The van der Waals surface area contributed by atoms with E-state index in [1.54, 1.807) is 6.07 Å². The van der Waals surface area contributed by atoms with Gasteiger partial charge in [-0.15, -0.1) is 11.8 Å². The standard InChI is InChI=1S/C18H18ClNO5S2/c19-14-5-1-3-12-4-2-6-15(18(12)14)26-10-17(22)25-9-16(21)20-13-7-8-27(23,24)11-13/h1-6,13H,7-11H2,(H,20,21). The number of esters is 1. The zero-order valence-corrected chi connectivity index (χ0v) is 16.7. The van der Waals surface area contributed by atoms with Crippen LogP contribution in [0.1, 0.15) is 6.42 Å². The molecule has 0 radical (unpaired) electrons. The molecule has 9 heteroatoms. The number of hydrogen-bond donors (Lipinski definition) is 1. The highest BCUT2D eigenvalue weighted by Crippen LogP contribution is 2.33. The molecule has 0 aromatic heterocycles. The topological polar surface area (TPSA) is 89.5 Å². The summed E-state index contributed by atoms with van der Waals surface area (Å²) in [6, 6.07) is 10.9.